The molecule has 0 aliphatic heterocycles. The maximum Gasteiger partial charge on any atom is 0.143 e. The van der Waals surface area contributed by atoms with Crippen LogP contribution >= 0.6 is 11.3 Å². The molecule has 12 aromatic rings. The first-order valence-corrected chi connectivity index (χ1v) is 20.9. The number of anilines is 3. The minimum Gasteiger partial charge on any atom is -0.455 e. The highest BCUT2D eigenvalue weighted by molar-refractivity contribution is 7.26. The minimum absolute atomic E-state index is 0.904. The summed E-state index contributed by atoms with van der Waals surface area (Å²) in [6, 6.07) is 77.1. The van der Waals surface area contributed by atoms with Gasteiger partial charge in [0.25, 0.3) is 0 Å². The smallest absolute Gasteiger partial charge is 0.143 e. The van der Waals surface area contributed by atoms with Gasteiger partial charge in [0.2, 0.25) is 0 Å². The SMILES string of the molecule is c1ccc(-c2ccc(-c3cc4ccccc4c4ccccc34)cc2N(c2ccc(-c3cccc4c3oc3ccccc34)cc2)c2cccc3c2sc2ccccc23)cc1. The molecule has 2 nitrogen and oxygen atoms in total. The molecule has 0 spiro atoms. The average molecular weight is 770 g/mol. The van der Waals surface area contributed by atoms with Crippen molar-refractivity contribution >= 4 is 92.1 Å². The summed E-state index contributed by atoms with van der Waals surface area (Å²) in [6.07, 6.45) is 0. The first-order chi connectivity index (χ1) is 29.3. The molecule has 0 unspecified atom stereocenters. The van der Waals surface area contributed by atoms with Gasteiger partial charge in [-0.2, -0.15) is 0 Å². The van der Waals surface area contributed by atoms with E-state index in [9.17, 15) is 0 Å². The van der Waals surface area contributed by atoms with Crippen molar-refractivity contribution in [2.75, 3.05) is 4.90 Å². The molecule has 2 heterocycles. The number of hydrogen-bond acceptors (Lipinski definition) is 3. The summed E-state index contributed by atoms with van der Waals surface area (Å²) < 4.78 is 9.04. The zero-order chi connectivity index (χ0) is 38.9. The van der Waals surface area contributed by atoms with Gasteiger partial charge in [-0.05, 0) is 86.3 Å². The van der Waals surface area contributed by atoms with Gasteiger partial charge in [-0.1, -0.05) is 170 Å². The van der Waals surface area contributed by atoms with E-state index in [1.54, 1.807) is 0 Å². The first kappa shape index (κ1) is 33.7. The van der Waals surface area contributed by atoms with Crippen LogP contribution in [0.1, 0.15) is 0 Å². The molecule has 0 aliphatic rings. The highest BCUT2D eigenvalue weighted by Crippen LogP contribution is 2.49. The summed E-state index contributed by atoms with van der Waals surface area (Å²) in [5.41, 5.74) is 12.1. The topological polar surface area (TPSA) is 16.4 Å². The molecule has 0 atom stereocenters. The van der Waals surface area contributed by atoms with E-state index in [-0.39, 0.29) is 0 Å². The Labute approximate surface area is 345 Å². The van der Waals surface area contributed by atoms with Crippen LogP contribution in [0.4, 0.5) is 17.1 Å². The number of fused-ring (bicyclic) bond motifs is 9. The van der Waals surface area contributed by atoms with Gasteiger partial charge in [0.15, 0.2) is 0 Å². The molecule has 0 saturated heterocycles. The first-order valence-electron chi connectivity index (χ1n) is 20.1. The van der Waals surface area contributed by atoms with Crippen molar-refractivity contribution in [2.45, 2.75) is 0 Å². The molecule has 2 aromatic heterocycles. The summed E-state index contributed by atoms with van der Waals surface area (Å²) in [4.78, 5) is 2.48. The van der Waals surface area contributed by atoms with Crippen LogP contribution in [0.5, 0.6) is 0 Å². The predicted molar refractivity (Wildman–Crippen MR) is 253 cm³/mol. The van der Waals surface area contributed by atoms with E-state index in [1.807, 2.05) is 23.5 Å². The molecule has 3 heteroatoms. The van der Waals surface area contributed by atoms with Gasteiger partial charge in [0.1, 0.15) is 11.2 Å². The second-order valence-corrected chi connectivity index (χ2v) is 16.3. The van der Waals surface area contributed by atoms with Gasteiger partial charge in [0.05, 0.1) is 16.1 Å². The molecule has 276 valence electrons. The van der Waals surface area contributed by atoms with Crippen molar-refractivity contribution in [3.05, 3.63) is 212 Å². The standard InChI is InChI=1S/C56H35NOS/c1-2-14-36(15-3-1)42-33-30-39(50-34-38-16-4-5-17-41(38)44-18-6-7-19-45(44)50)35-52(42)57(51-25-13-24-49-47-21-9-11-27-54(47)59-56(49)51)40-31-28-37(29-32-40)43-22-12-23-48-46-20-8-10-26-53(46)58-55(43)48/h1-35H. The van der Waals surface area contributed by atoms with Gasteiger partial charge in [-0.15, -0.1) is 11.3 Å². The lowest BCUT2D eigenvalue weighted by molar-refractivity contribution is 0.670. The number of nitrogens with zero attached hydrogens (tertiary/aromatic N) is 1. The van der Waals surface area contributed by atoms with Crippen molar-refractivity contribution in [3.63, 3.8) is 0 Å². The van der Waals surface area contributed by atoms with Crippen molar-refractivity contribution in [2.24, 2.45) is 0 Å². The quantitative estimate of drug-likeness (QED) is 0.157. The second-order valence-electron chi connectivity index (χ2n) is 15.2. The Morgan fingerprint density at radius 2 is 1.00 bits per heavy atom. The van der Waals surface area contributed by atoms with Crippen LogP contribution in [0.2, 0.25) is 0 Å². The number of rotatable bonds is 6. The van der Waals surface area contributed by atoms with E-state index in [1.165, 1.54) is 58.4 Å². The molecule has 10 aromatic carbocycles. The number of furan rings is 1. The van der Waals surface area contributed by atoms with E-state index >= 15 is 0 Å². The number of para-hydroxylation sites is 2. The lowest BCUT2D eigenvalue weighted by Gasteiger charge is -2.29. The summed E-state index contributed by atoms with van der Waals surface area (Å²) >= 11 is 1.86. The lowest BCUT2D eigenvalue weighted by atomic mass is 9.91. The Kier molecular flexibility index (Phi) is 7.75. The Bertz CT molecular complexity index is 3560. The molecular weight excluding hydrogens is 735 g/mol. The third-order valence-corrected chi connectivity index (χ3v) is 13.1. The Balaban J connectivity index is 1.12. The van der Waals surface area contributed by atoms with Gasteiger partial charge in [0, 0.05) is 43.1 Å². The molecule has 0 amide bonds. The van der Waals surface area contributed by atoms with Crippen LogP contribution in [0, 0.1) is 0 Å². The molecule has 0 saturated carbocycles. The number of benzene rings is 10. The number of thiophene rings is 1. The predicted octanol–water partition coefficient (Wildman–Crippen LogP) is 16.7. The van der Waals surface area contributed by atoms with E-state index in [0.717, 1.165) is 55.7 Å². The molecule has 59 heavy (non-hydrogen) atoms. The van der Waals surface area contributed by atoms with Crippen LogP contribution in [0.25, 0.3) is 97.0 Å². The molecule has 12 rings (SSSR count). The fourth-order valence-electron chi connectivity index (χ4n) is 9.12. The molecule has 0 radical (unpaired) electrons. The van der Waals surface area contributed by atoms with E-state index in [0.29, 0.717) is 0 Å². The average Bonchev–Trinajstić information content (AvgIpc) is 3.89. The zero-order valence-electron chi connectivity index (χ0n) is 32.0. The van der Waals surface area contributed by atoms with Crippen molar-refractivity contribution in [1.82, 2.24) is 0 Å². The molecule has 0 fully saturated rings. The van der Waals surface area contributed by atoms with Crippen molar-refractivity contribution in [3.8, 4) is 33.4 Å². The van der Waals surface area contributed by atoms with E-state index < -0.39 is 0 Å². The van der Waals surface area contributed by atoms with Crippen molar-refractivity contribution in [1.29, 1.82) is 0 Å². The molecule has 0 bridgehead atoms. The van der Waals surface area contributed by atoms with Gasteiger partial charge < -0.3 is 9.32 Å². The summed E-state index contributed by atoms with van der Waals surface area (Å²) in [5, 5.41) is 9.81. The van der Waals surface area contributed by atoms with Crippen LogP contribution in [-0.2, 0) is 0 Å². The third kappa shape index (κ3) is 5.47. The van der Waals surface area contributed by atoms with Gasteiger partial charge in [-0.3, -0.25) is 0 Å². The second kappa shape index (κ2) is 13.6. The highest BCUT2D eigenvalue weighted by Gasteiger charge is 2.23. The van der Waals surface area contributed by atoms with Crippen molar-refractivity contribution < 1.29 is 4.42 Å². The maximum absolute atomic E-state index is 6.50. The fourth-order valence-corrected chi connectivity index (χ4v) is 10.3. The zero-order valence-corrected chi connectivity index (χ0v) is 32.8. The third-order valence-electron chi connectivity index (χ3n) is 11.9. The Morgan fingerprint density at radius 3 is 1.86 bits per heavy atom. The number of hydrogen-bond donors (Lipinski definition) is 0. The summed E-state index contributed by atoms with van der Waals surface area (Å²) in [7, 11) is 0. The molecule has 0 aliphatic carbocycles. The summed E-state index contributed by atoms with van der Waals surface area (Å²) in [6.45, 7) is 0. The largest absolute Gasteiger partial charge is 0.455 e. The van der Waals surface area contributed by atoms with E-state index in [2.05, 4.69) is 205 Å². The fraction of sp³-hybridized carbons (Fsp3) is 0. The van der Waals surface area contributed by atoms with Crippen LogP contribution < -0.4 is 4.90 Å². The van der Waals surface area contributed by atoms with Gasteiger partial charge in [-0.25, -0.2) is 0 Å². The maximum atomic E-state index is 6.50. The highest BCUT2D eigenvalue weighted by atomic mass is 32.1. The van der Waals surface area contributed by atoms with Crippen LogP contribution in [0.15, 0.2) is 217 Å². The Morgan fingerprint density at radius 1 is 0.356 bits per heavy atom. The van der Waals surface area contributed by atoms with Crippen LogP contribution in [-0.4, -0.2) is 0 Å². The normalized spacial score (nSPS) is 11.7. The molecule has 0 N–H and O–H groups in total. The van der Waals surface area contributed by atoms with Crippen LogP contribution in [0.3, 0.4) is 0 Å². The Hall–Kier alpha value is -7.46. The summed E-state index contributed by atoms with van der Waals surface area (Å²) in [5.74, 6) is 0. The monoisotopic (exact) mass is 769 g/mol. The molecular formula is C56H35NOS. The van der Waals surface area contributed by atoms with Gasteiger partial charge >= 0.3 is 0 Å². The lowest BCUT2D eigenvalue weighted by Crippen LogP contribution is -2.11. The van der Waals surface area contributed by atoms with E-state index in [4.69, 9.17) is 4.42 Å². The minimum atomic E-state index is 0.904.